The fraction of sp³-hybridized carbons (Fsp3) is 0.412. The Morgan fingerprint density at radius 3 is 2.95 bits per heavy atom. The number of carbonyl (C=O) groups excluding carboxylic acids is 1. The number of amides is 1. The quantitative estimate of drug-likeness (QED) is 0.870. The summed E-state index contributed by atoms with van der Waals surface area (Å²) in [5.74, 6) is 0.286. The van der Waals surface area contributed by atoms with Crippen LogP contribution in [0, 0.1) is 0 Å². The maximum Gasteiger partial charge on any atom is 0.224 e. The van der Waals surface area contributed by atoms with Crippen LogP contribution in [-0.4, -0.2) is 39.3 Å². The Kier molecular flexibility index (Phi) is 3.68. The molecule has 2 fully saturated rings. The van der Waals surface area contributed by atoms with Gasteiger partial charge in [0.15, 0.2) is 0 Å². The summed E-state index contributed by atoms with van der Waals surface area (Å²) in [6, 6.07) is 6.91. The van der Waals surface area contributed by atoms with Gasteiger partial charge in [-0.25, -0.2) is 0 Å². The van der Waals surface area contributed by atoms with E-state index in [1.54, 1.807) is 17.5 Å². The van der Waals surface area contributed by atoms with Gasteiger partial charge in [0.1, 0.15) is 0 Å². The van der Waals surface area contributed by atoms with Gasteiger partial charge >= 0.3 is 0 Å². The molecule has 2 atom stereocenters. The Hall–Kier alpha value is -1.72. The third-order valence-electron chi connectivity index (χ3n) is 4.77. The predicted molar refractivity (Wildman–Crippen MR) is 86.3 cm³/mol. The third kappa shape index (κ3) is 2.55. The van der Waals surface area contributed by atoms with Gasteiger partial charge in [-0.2, -0.15) is 11.3 Å². The Morgan fingerprint density at radius 2 is 2.18 bits per heavy atom. The van der Waals surface area contributed by atoms with Gasteiger partial charge in [-0.3, -0.25) is 14.7 Å². The van der Waals surface area contributed by atoms with Gasteiger partial charge in [0.05, 0.1) is 0 Å². The normalized spacial score (nSPS) is 24.9. The lowest BCUT2D eigenvalue weighted by Gasteiger charge is -2.25. The minimum atomic E-state index is 0.286. The van der Waals surface area contributed by atoms with E-state index in [-0.39, 0.29) is 5.91 Å². The smallest absolute Gasteiger partial charge is 0.224 e. The SMILES string of the molecule is O=C1C[C@@H]2[C@H](CCN2Cc2ccsc2)N1Cc1cccnc1. The molecule has 0 aliphatic carbocycles. The maximum absolute atomic E-state index is 12.4. The summed E-state index contributed by atoms with van der Waals surface area (Å²) in [6.07, 6.45) is 5.38. The van der Waals surface area contributed by atoms with Crippen LogP contribution in [0.4, 0.5) is 0 Å². The molecule has 4 nitrogen and oxygen atoms in total. The number of pyridine rings is 1. The van der Waals surface area contributed by atoms with Crippen molar-refractivity contribution in [3.8, 4) is 0 Å². The molecule has 0 spiro atoms. The number of hydrogen-bond donors (Lipinski definition) is 0. The van der Waals surface area contributed by atoms with Crippen LogP contribution in [0.3, 0.4) is 0 Å². The molecule has 0 saturated carbocycles. The Labute approximate surface area is 134 Å². The van der Waals surface area contributed by atoms with Crippen LogP contribution in [0.25, 0.3) is 0 Å². The van der Waals surface area contributed by atoms with Gasteiger partial charge in [-0.15, -0.1) is 0 Å². The zero-order valence-corrected chi connectivity index (χ0v) is 13.2. The summed E-state index contributed by atoms with van der Waals surface area (Å²) in [5, 5.41) is 4.33. The van der Waals surface area contributed by atoms with Crippen molar-refractivity contribution in [3.05, 3.63) is 52.5 Å². The summed E-state index contributed by atoms with van der Waals surface area (Å²) in [4.78, 5) is 21.1. The highest BCUT2D eigenvalue weighted by molar-refractivity contribution is 7.07. The van der Waals surface area contributed by atoms with E-state index in [0.29, 0.717) is 25.0 Å². The van der Waals surface area contributed by atoms with Crippen LogP contribution in [0.15, 0.2) is 41.4 Å². The second-order valence-corrected chi connectivity index (χ2v) is 6.89. The molecule has 4 rings (SSSR count). The first-order valence-corrected chi connectivity index (χ1v) is 8.69. The van der Waals surface area contributed by atoms with Crippen molar-refractivity contribution in [2.45, 2.75) is 38.0 Å². The molecular weight excluding hydrogens is 294 g/mol. The van der Waals surface area contributed by atoms with E-state index in [1.165, 1.54) is 5.56 Å². The van der Waals surface area contributed by atoms with Crippen molar-refractivity contribution in [1.82, 2.24) is 14.8 Å². The topological polar surface area (TPSA) is 36.4 Å². The van der Waals surface area contributed by atoms with Crippen molar-refractivity contribution in [2.24, 2.45) is 0 Å². The molecule has 22 heavy (non-hydrogen) atoms. The number of nitrogens with zero attached hydrogens (tertiary/aromatic N) is 3. The van der Waals surface area contributed by atoms with Crippen molar-refractivity contribution < 1.29 is 4.79 Å². The minimum Gasteiger partial charge on any atom is -0.334 e. The van der Waals surface area contributed by atoms with Crippen molar-refractivity contribution in [3.63, 3.8) is 0 Å². The molecule has 2 aromatic heterocycles. The van der Waals surface area contributed by atoms with Gasteiger partial charge in [0, 0.05) is 50.5 Å². The fourth-order valence-electron chi connectivity index (χ4n) is 3.72. The van der Waals surface area contributed by atoms with Gasteiger partial charge < -0.3 is 4.90 Å². The number of thiophene rings is 1. The van der Waals surface area contributed by atoms with E-state index in [1.807, 2.05) is 18.3 Å². The summed E-state index contributed by atoms with van der Waals surface area (Å²) in [7, 11) is 0. The summed E-state index contributed by atoms with van der Waals surface area (Å²) in [6.45, 7) is 2.75. The molecule has 2 saturated heterocycles. The standard InChI is InChI=1S/C17H19N3OS/c21-17-8-16-15(20(17)11-13-2-1-5-18-9-13)3-6-19(16)10-14-4-7-22-12-14/h1-2,4-5,7,9,12,15-16H,3,6,8,10-11H2/t15-,16+/m0/s1. The average Bonchev–Trinajstić information content (AvgIpc) is 3.23. The largest absolute Gasteiger partial charge is 0.334 e. The molecule has 2 aromatic rings. The molecule has 4 heterocycles. The molecule has 2 aliphatic heterocycles. The number of likely N-dealkylation sites (tertiary alicyclic amines) is 2. The highest BCUT2D eigenvalue weighted by Crippen LogP contribution is 2.34. The Bertz CT molecular complexity index is 643. The van der Waals surface area contributed by atoms with E-state index in [4.69, 9.17) is 0 Å². The van der Waals surface area contributed by atoms with E-state index in [2.05, 4.69) is 31.6 Å². The first-order valence-electron chi connectivity index (χ1n) is 7.75. The van der Waals surface area contributed by atoms with Crippen molar-refractivity contribution in [1.29, 1.82) is 0 Å². The average molecular weight is 313 g/mol. The zero-order valence-electron chi connectivity index (χ0n) is 12.4. The lowest BCUT2D eigenvalue weighted by Crippen LogP contribution is -2.36. The highest BCUT2D eigenvalue weighted by atomic mass is 32.1. The molecule has 0 bridgehead atoms. The maximum atomic E-state index is 12.4. The fourth-order valence-corrected chi connectivity index (χ4v) is 4.38. The molecule has 114 valence electrons. The molecule has 0 radical (unpaired) electrons. The molecule has 5 heteroatoms. The number of hydrogen-bond acceptors (Lipinski definition) is 4. The van der Waals surface area contributed by atoms with E-state index in [0.717, 1.165) is 25.1 Å². The van der Waals surface area contributed by atoms with Crippen LogP contribution >= 0.6 is 11.3 Å². The summed E-state index contributed by atoms with van der Waals surface area (Å²) >= 11 is 1.74. The zero-order chi connectivity index (χ0) is 14.9. The summed E-state index contributed by atoms with van der Waals surface area (Å²) < 4.78 is 0. The molecule has 0 unspecified atom stereocenters. The van der Waals surface area contributed by atoms with E-state index < -0.39 is 0 Å². The van der Waals surface area contributed by atoms with E-state index in [9.17, 15) is 4.79 Å². The van der Waals surface area contributed by atoms with Crippen LogP contribution < -0.4 is 0 Å². The van der Waals surface area contributed by atoms with Gasteiger partial charge in [-0.1, -0.05) is 6.07 Å². The first kappa shape index (κ1) is 13.9. The van der Waals surface area contributed by atoms with Crippen molar-refractivity contribution in [2.75, 3.05) is 6.54 Å². The third-order valence-corrected chi connectivity index (χ3v) is 5.50. The number of rotatable bonds is 4. The van der Waals surface area contributed by atoms with Crippen LogP contribution in [0.1, 0.15) is 24.0 Å². The highest BCUT2D eigenvalue weighted by Gasteiger charge is 2.46. The predicted octanol–water partition coefficient (Wildman–Crippen LogP) is 2.52. The van der Waals surface area contributed by atoms with Gasteiger partial charge in [0.25, 0.3) is 0 Å². The molecule has 1 amide bonds. The van der Waals surface area contributed by atoms with Crippen LogP contribution in [-0.2, 0) is 17.9 Å². The second-order valence-electron chi connectivity index (χ2n) is 6.11. The summed E-state index contributed by atoms with van der Waals surface area (Å²) in [5.41, 5.74) is 2.48. The van der Waals surface area contributed by atoms with Crippen LogP contribution in [0.2, 0.25) is 0 Å². The van der Waals surface area contributed by atoms with Crippen molar-refractivity contribution >= 4 is 17.2 Å². The minimum absolute atomic E-state index is 0.286. The monoisotopic (exact) mass is 313 g/mol. The molecule has 2 aliphatic rings. The Balaban J connectivity index is 1.47. The number of fused-ring (bicyclic) bond motifs is 1. The lowest BCUT2D eigenvalue weighted by atomic mass is 10.1. The molecular formula is C17H19N3OS. The molecule has 0 N–H and O–H groups in total. The number of carbonyl (C=O) groups is 1. The van der Waals surface area contributed by atoms with Crippen LogP contribution in [0.5, 0.6) is 0 Å². The lowest BCUT2D eigenvalue weighted by molar-refractivity contribution is -0.129. The van der Waals surface area contributed by atoms with E-state index >= 15 is 0 Å². The Morgan fingerprint density at radius 1 is 1.23 bits per heavy atom. The van der Waals surface area contributed by atoms with Gasteiger partial charge in [0.2, 0.25) is 5.91 Å². The number of aromatic nitrogens is 1. The second kappa shape index (κ2) is 5.82. The molecule has 0 aromatic carbocycles. The first-order chi connectivity index (χ1) is 10.8. The van der Waals surface area contributed by atoms with Gasteiger partial charge in [-0.05, 0) is 40.4 Å².